The van der Waals surface area contributed by atoms with Gasteiger partial charge in [-0.1, -0.05) is 53.5 Å². The van der Waals surface area contributed by atoms with Gasteiger partial charge >= 0.3 is 5.97 Å². The van der Waals surface area contributed by atoms with E-state index in [4.69, 9.17) is 28.5 Å². The lowest BCUT2D eigenvalue weighted by molar-refractivity contribution is -0.141. The fourth-order valence-corrected chi connectivity index (χ4v) is 4.63. The molecule has 5 nitrogen and oxygen atoms in total. The normalized spacial score (nSPS) is 17.7. The molecule has 2 atom stereocenters. The van der Waals surface area contributed by atoms with Gasteiger partial charge in [0.1, 0.15) is 6.04 Å². The van der Waals surface area contributed by atoms with Crippen molar-refractivity contribution in [1.29, 1.82) is 5.26 Å². The van der Waals surface area contributed by atoms with Crippen molar-refractivity contribution < 1.29 is 14.7 Å². The maximum absolute atomic E-state index is 13.4. The maximum atomic E-state index is 13.4. The Morgan fingerprint density at radius 2 is 1.69 bits per heavy atom. The second-order valence-electron chi connectivity index (χ2n) is 7.56. The molecule has 2 unspecified atom stereocenters. The summed E-state index contributed by atoms with van der Waals surface area (Å²) >= 11 is 12.6. The van der Waals surface area contributed by atoms with Crippen LogP contribution in [0, 0.1) is 11.3 Å². The lowest BCUT2D eigenvalue weighted by atomic mass is 10.0. The summed E-state index contributed by atoms with van der Waals surface area (Å²) in [5.74, 6) is -1.41. The van der Waals surface area contributed by atoms with Crippen molar-refractivity contribution in [2.75, 3.05) is 0 Å². The van der Waals surface area contributed by atoms with Crippen LogP contribution in [0.15, 0.2) is 66.7 Å². The van der Waals surface area contributed by atoms with Gasteiger partial charge in [0.2, 0.25) is 0 Å². The van der Waals surface area contributed by atoms with E-state index in [-0.39, 0.29) is 5.91 Å². The fourth-order valence-electron chi connectivity index (χ4n) is 4.14. The Morgan fingerprint density at radius 3 is 2.34 bits per heavy atom. The highest BCUT2D eigenvalue weighted by Gasteiger charge is 2.42. The molecular formula is C25H18Cl2N2O3. The number of halogens is 2. The number of rotatable bonds is 4. The molecule has 0 aliphatic carbocycles. The fraction of sp³-hybridized carbons (Fsp3) is 0.160. The molecule has 1 aliphatic heterocycles. The average Bonchev–Trinajstić information content (AvgIpc) is 3.24. The Morgan fingerprint density at radius 1 is 0.969 bits per heavy atom. The van der Waals surface area contributed by atoms with Crippen LogP contribution in [0.4, 0.5) is 0 Å². The topological polar surface area (TPSA) is 81.4 Å². The maximum Gasteiger partial charge on any atom is 0.326 e. The number of amides is 1. The first kappa shape index (κ1) is 21.9. The second-order valence-corrected chi connectivity index (χ2v) is 8.38. The summed E-state index contributed by atoms with van der Waals surface area (Å²) in [5, 5.41) is 19.9. The number of hydrogen-bond acceptors (Lipinski definition) is 3. The summed E-state index contributed by atoms with van der Waals surface area (Å²) < 4.78 is 0. The van der Waals surface area contributed by atoms with Crippen LogP contribution in [0.3, 0.4) is 0 Å². The van der Waals surface area contributed by atoms with E-state index < -0.39 is 18.1 Å². The number of hydrogen-bond donors (Lipinski definition) is 1. The second kappa shape index (κ2) is 9.04. The quantitative estimate of drug-likeness (QED) is 0.515. The highest BCUT2D eigenvalue weighted by atomic mass is 35.5. The molecule has 1 N–H and O–H groups in total. The highest BCUT2D eigenvalue weighted by Crippen LogP contribution is 2.40. The third-order valence-electron chi connectivity index (χ3n) is 5.71. The van der Waals surface area contributed by atoms with E-state index in [1.807, 2.05) is 12.1 Å². The van der Waals surface area contributed by atoms with E-state index in [9.17, 15) is 14.7 Å². The molecule has 0 spiro atoms. The summed E-state index contributed by atoms with van der Waals surface area (Å²) in [6, 6.07) is 19.7. The molecule has 7 heteroatoms. The van der Waals surface area contributed by atoms with Gasteiger partial charge in [0.15, 0.2) is 0 Å². The summed E-state index contributed by atoms with van der Waals surface area (Å²) in [7, 11) is 0. The Kier molecular flexibility index (Phi) is 6.18. The number of likely N-dealkylation sites (tertiary alicyclic amines) is 1. The zero-order valence-corrected chi connectivity index (χ0v) is 18.3. The molecule has 3 aromatic carbocycles. The van der Waals surface area contributed by atoms with Crippen LogP contribution in [0.1, 0.15) is 40.4 Å². The van der Waals surface area contributed by atoms with E-state index in [0.29, 0.717) is 39.6 Å². The van der Waals surface area contributed by atoms with Crippen molar-refractivity contribution in [1.82, 2.24) is 4.90 Å². The third-order valence-corrected chi connectivity index (χ3v) is 6.38. The minimum Gasteiger partial charge on any atom is -0.480 e. The lowest BCUT2D eigenvalue weighted by Crippen LogP contribution is -2.41. The van der Waals surface area contributed by atoms with Gasteiger partial charge < -0.3 is 10.0 Å². The van der Waals surface area contributed by atoms with Crippen LogP contribution in [0.2, 0.25) is 10.0 Å². The number of carbonyl (C=O) groups is 2. The first-order valence-corrected chi connectivity index (χ1v) is 10.8. The molecule has 0 radical (unpaired) electrons. The highest BCUT2D eigenvalue weighted by molar-refractivity contribution is 6.33. The summed E-state index contributed by atoms with van der Waals surface area (Å²) in [4.78, 5) is 26.7. The van der Waals surface area contributed by atoms with Crippen molar-refractivity contribution in [2.45, 2.75) is 24.9 Å². The van der Waals surface area contributed by atoms with Gasteiger partial charge in [-0.3, -0.25) is 4.79 Å². The third kappa shape index (κ3) is 4.08. The number of nitrogens with zero attached hydrogens (tertiary/aromatic N) is 2. The van der Waals surface area contributed by atoms with Gasteiger partial charge in [-0.05, 0) is 60.4 Å². The number of benzene rings is 3. The zero-order chi connectivity index (χ0) is 22.8. The zero-order valence-electron chi connectivity index (χ0n) is 16.8. The van der Waals surface area contributed by atoms with Gasteiger partial charge in [0, 0.05) is 21.2 Å². The number of carboxylic acids is 1. The van der Waals surface area contributed by atoms with Crippen LogP contribution in [0.25, 0.3) is 11.1 Å². The number of nitriles is 1. The molecule has 0 saturated carbocycles. The molecule has 0 bridgehead atoms. The monoisotopic (exact) mass is 464 g/mol. The number of carbonyl (C=O) groups excluding carboxylic acids is 1. The molecule has 0 aromatic heterocycles. The summed E-state index contributed by atoms with van der Waals surface area (Å²) in [6.07, 6.45) is 0.868. The van der Waals surface area contributed by atoms with Crippen molar-refractivity contribution in [3.8, 4) is 17.2 Å². The number of carboxylic acid groups (broad SMARTS) is 1. The molecular weight excluding hydrogens is 447 g/mol. The van der Waals surface area contributed by atoms with Crippen LogP contribution in [-0.4, -0.2) is 27.9 Å². The van der Waals surface area contributed by atoms with Gasteiger partial charge in [0.25, 0.3) is 5.91 Å². The molecule has 4 rings (SSSR count). The van der Waals surface area contributed by atoms with Gasteiger partial charge in [-0.25, -0.2) is 4.79 Å². The van der Waals surface area contributed by atoms with Gasteiger partial charge in [-0.2, -0.15) is 5.26 Å². The Hall–Kier alpha value is -3.33. The van der Waals surface area contributed by atoms with Crippen molar-refractivity contribution in [3.05, 3.63) is 93.5 Å². The molecule has 1 amide bonds. The van der Waals surface area contributed by atoms with E-state index in [2.05, 4.69) is 6.07 Å². The smallest absolute Gasteiger partial charge is 0.326 e. The Labute approximate surface area is 195 Å². The predicted octanol–water partition coefficient (Wildman–Crippen LogP) is 5.96. The predicted molar refractivity (Wildman–Crippen MR) is 123 cm³/mol. The van der Waals surface area contributed by atoms with Crippen LogP contribution >= 0.6 is 23.2 Å². The molecule has 1 aliphatic rings. The minimum atomic E-state index is -1.04. The first-order valence-electron chi connectivity index (χ1n) is 10.0. The van der Waals surface area contributed by atoms with Crippen molar-refractivity contribution >= 4 is 35.1 Å². The SMILES string of the molecule is N#Cc1ccc(Cl)c(-c2ccc(C(=O)N3C(C(=O)O)CCC3c3ccccc3Cl)cc2)c1. The van der Waals surface area contributed by atoms with E-state index >= 15 is 0 Å². The lowest BCUT2D eigenvalue weighted by Gasteiger charge is -2.29. The largest absolute Gasteiger partial charge is 0.480 e. The molecule has 1 saturated heterocycles. The van der Waals surface area contributed by atoms with Gasteiger partial charge in [0.05, 0.1) is 17.7 Å². The first-order chi connectivity index (χ1) is 15.4. The molecule has 3 aromatic rings. The average molecular weight is 465 g/mol. The van der Waals surface area contributed by atoms with E-state index in [1.165, 1.54) is 4.90 Å². The van der Waals surface area contributed by atoms with Crippen LogP contribution < -0.4 is 0 Å². The minimum absolute atomic E-state index is 0.353. The summed E-state index contributed by atoms with van der Waals surface area (Å²) in [5.41, 5.74) is 3.02. The Bertz CT molecular complexity index is 1230. The van der Waals surface area contributed by atoms with Crippen molar-refractivity contribution in [3.63, 3.8) is 0 Å². The molecule has 32 heavy (non-hydrogen) atoms. The number of aliphatic carboxylic acids is 1. The standard InChI is InChI=1S/C25H18Cl2N2O3/c26-20-4-2-1-3-18(20)22-11-12-23(25(31)32)29(22)24(30)17-8-6-16(7-9-17)19-13-15(14-28)5-10-21(19)27/h1-10,13,22-23H,11-12H2,(H,31,32). The van der Waals surface area contributed by atoms with Crippen LogP contribution in [0.5, 0.6) is 0 Å². The molecule has 1 heterocycles. The van der Waals surface area contributed by atoms with Gasteiger partial charge in [-0.15, -0.1) is 0 Å². The van der Waals surface area contributed by atoms with Crippen LogP contribution in [-0.2, 0) is 4.79 Å². The van der Waals surface area contributed by atoms with E-state index in [1.54, 1.807) is 54.6 Å². The molecule has 160 valence electrons. The Balaban J connectivity index is 1.68. The van der Waals surface area contributed by atoms with Crippen molar-refractivity contribution in [2.24, 2.45) is 0 Å². The van der Waals surface area contributed by atoms with E-state index in [0.717, 1.165) is 11.1 Å². The molecule has 1 fully saturated rings. The summed E-state index contributed by atoms with van der Waals surface area (Å²) in [6.45, 7) is 0.